The van der Waals surface area contributed by atoms with E-state index < -0.39 is 0 Å². The van der Waals surface area contributed by atoms with E-state index in [1.54, 1.807) is 11.3 Å². The third kappa shape index (κ3) is 2.06. The molecule has 2 aliphatic rings. The van der Waals surface area contributed by atoms with Crippen LogP contribution >= 0.6 is 24.8 Å². The van der Waals surface area contributed by atoms with Crippen molar-refractivity contribution in [1.29, 1.82) is 0 Å². The molecular formula is C15H20Cl2N2. The predicted octanol–water partition coefficient (Wildman–Crippen LogP) is 3.77. The third-order valence-corrected chi connectivity index (χ3v) is 4.34. The van der Waals surface area contributed by atoms with Crippen LogP contribution in [0.15, 0.2) is 18.2 Å². The number of halogens is 2. The van der Waals surface area contributed by atoms with E-state index in [0.717, 1.165) is 13.1 Å². The Bertz CT molecular complexity index is 602. The molecule has 0 amide bonds. The van der Waals surface area contributed by atoms with Crippen molar-refractivity contribution < 1.29 is 0 Å². The minimum Gasteiger partial charge on any atom is -0.342 e. The SMILES string of the molecule is Cc1ccc2c(c1)c1c3n2CCNC3CCC1.Cl.Cl. The molecule has 2 nitrogen and oxygen atoms in total. The van der Waals surface area contributed by atoms with E-state index >= 15 is 0 Å². The minimum absolute atomic E-state index is 0. The van der Waals surface area contributed by atoms with Crippen molar-refractivity contribution in [3.63, 3.8) is 0 Å². The normalized spacial score (nSPS) is 20.4. The summed E-state index contributed by atoms with van der Waals surface area (Å²) in [5, 5.41) is 5.18. The molecule has 1 N–H and O–H groups in total. The van der Waals surface area contributed by atoms with Gasteiger partial charge in [-0.25, -0.2) is 0 Å². The molecule has 2 aromatic rings. The van der Waals surface area contributed by atoms with Crippen molar-refractivity contribution in [3.8, 4) is 0 Å². The first kappa shape index (κ1) is 14.7. The van der Waals surface area contributed by atoms with Gasteiger partial charge in [0.25, 0.3) is 0 Å². The maximum Gasteiger partial charge on any atom is 0.0486 e. The Balaban J connectivity index is 0.000000667. The molecule has 104 valence electrons. The number of aromatic nitrogens is 1. The van der Waals surface area contributed by atoms with E-state index in [0.29, 0.717) is 6.04 Å². The predicted molar refractivity (Wildman–Crippen MR) is 84.9 cm³/mol. The topological polar surface area (TPSA) is 17.0 Å². The van der Waals surface area contributed by atoms with Gasteiger partial charge in [-0.05, 0) is 43.9 Å². The second-order valence-corrected chi connectivity index (χ2v) is 5.43. The van der Waals surface area contributed by atoms with Crippen LogP contribution in [-0.2, 0) is 13.0 Å². The Morgan fingerprint density at radius 2 is 2.11 bits per heavy atom. The average Bonchev–Trinajstić information content (AvgIpc) is 2.67. The van der Waals surface area contributed by atoms with E-state index in [9.17, 15) is 0 Å². The highest BCUT2D eigenvalue weighted by molar-refractivity contribution is 5.87. The van der Waals surface area contributed by atoms with Gasteiger partial charge in [-0.3, -0.25) is 0 Å². The lowest BCUT2D eigenvalue weighted by Gasteiger charge is -2.31. The molecule has 0 saturated carbocycles. The van der Waals surface area contributed by atoms with Gasteiger partial charge in [0.2, 0.25) is 0 Å². The van der Waals surface area contributed by atoms with Gasteiger partial charge >= 0.3 is 0 Å². The molecule has 19 heavy (non-hydrogen) atoms. The second-order valence-electron chi connectivity index (χ2n) is 5.43. The summed E-state index contributed by atoms with van der Waals surface area (Å²) >= 11 is 0. The molecule has 0 spiro atoms. The summed E-state index contributed by atoms with van der Waals surface area (Å²) in [4.78, 5) is 0. The molecule has 4 heteroatoms. The Labute approximate surface area is 126 Å². The Kier molecular flexibility index (Phi) is 4.14. The van der Waals surface area contributed by atoms with E-state index in [1.807, 2.05) is 0 Å². The van der Waals surface area contributed by atoms with Gasteiger partial charge in [0.1, 0.15) is 0 Å². The quantitative estimate of drug-likeness (QED) is 0.783. The molecule has 0 saturated heterocycles. The first-order valence-electron chi connectivity index (χ1n) is 6.69. The fraction of sp³-hybridized carbons (Fsp3) is 0.467. The molecular weight excluding hydrogens is 279 g/mol. The Morgan fingerprint density at radius 1 is 1.26 bits per heavy atom. The van der Waals surface area contributed by atoms with Gasteiger partial charge in [-0.1, -0.05) is 11.6 Å². The zero-order valence-electron chi connectivity index (χ0n) is 11.1. The van der Waals surface area contributed by atoms with Crippen LogP contribution in [0.5, 0.6) is 0 Å². The van der Waals surface area contributed by atoms with E-state index in [4.69, 9.17) is 0 Å². The molecule has 1 aliphatic carbocycles. The number of hydrogen-bond donors (Lipinski definition) is 1. The molecule has 1 aromatic heterocycles. The zero-order valence-corrected chi connectivity index (χ0v) is 12.7. The standard InChI is InChI=1S/C15H18N2.2ClH/c1-10-5-6-14-12(9-10)11-3-2-4-13-15(11)17(14)8-7-16-13;;/h5-6,9,13,16H,2-4,7-8H2,1H3;2*1H. The first-order valence-corrected chi connectivity index (χ1v) is 6.69. The van der Waals surface area contributed by atoms with Crippen LogP contribution < -0.4 is 5.32 Å². The maximum atomic E-state index is 3.67. The second kappa shape index (κ2) is 5.35. The van der Waals surface area contributed by atoms with E-state index in [2.05, 4.69) is 35.0 Å². The first-order chi connectivity index (χ1) is 8.34. The van der Waals surface area contributed by atoms with Crippen LogP contribution in [0.1, 0.15) is 35.7 Å². The lowest BCUT2D eigenvalue weighted by Crippen LogP contribution is -2.35. The average molecular weight is 299 g/mol. The van der Waals surface area contributed by atoms with Crippen molar-refractivity contribution in [2.45, 2.75) is 38.8 Å². The van der Waals surface area contributed by atoms with Gasteiger partial charge < -0.3 is 9.88 Å². The van der Waals surface area contributed by atoms with E-state index in [-0.39, 0.29) is 24.8 Å². The number of nitrogens with one attached hydrogen (secondary N) is 1. The van der Waals surface area contributed by atoms with Gasteiger partial charge in [-0.2, -0.15) is 0 Å². The highest BCUT2D eigenvalue weighted by Crippen LogP contribution is 2.38. The van der Waals surface area contributed by atoms with Crippen LogP contribution in [0.25, 0.3) is 10.9 Å². The lowest BCUT2D eigenvalue weighted by molar-refractivity contribution is 0.384. The molecule has 2 heterocycles. The molecule has 1 aromatic carbocycles. The molecule has 0 bridgehead atoms. The Morgan fingerprint density at radius 3 is 2.95 bits per heavy atom. The summed E-state index contributed by atoms with van der Waals surface area (Å²) in [5.74, 6) is 0. The third-order valence-electron chi connectivity index (χ3n) is 4.34. The summed E-state index contributed by atoms with van der Waals surface area (Å²) in [7, 11) is 0. The lowest BCUT2D eigenvalue weighted by atomic mass is 9.90. The van der Waals surface area contributed by atoms with Crippen LogP contribution in [0.2, 0.25) is 0 Å². The van der Waals surface area contributed by atoms with Crippen molar-refractivity contribution in [2.75, 3.05) is 6.54 Å². The highest BCUT2D eigenvalue weighted by Gasteiger charge is 2.29. The molecule has 1 atom stereocenters. The van der Waals surface area contributed by atoms with Gasteiger partial charge in [-0.15, -0.1) is 24.8 Å². The van der Waals surface area contributed by atoms with Crippen molar-refractivity contribution in [3.05, 3.63) is 35.0 Å². The summed E-state index contributed by atoms with van der Waals surface area (Å²) < 4.78 is 2.56. The van der Waals surface area contributed by atoms with E-state index in [1.165, 1.54) is 35.7 Å². The summed E-state index contributed by atoms with van der Waals surface area (Å²) in [6.45, 7) is 4.45. The van der Waals surface area contributed by atoms with Crippen molar-refractivity contribution in [2.24, 2.45) is 0 Å². The van der Waals surface area contributed by atoms with Gasteiger partial charge in [0.15, 0.2) is 0 Å². The van der Waals surface area contributed by atoms with Gasteiger partial charge in [0, 0.05) is 35.7 Å². The van der Waals surface area contributed by atoms with Crippen LogP contribution in [0.4, 0.5) is 0 Å². The minimum atomic E-state index is 0. The van der Waals surface area contributed by atoms with Crippen LogP contribution in [0, 0.1) is 6.92 Å². The largest absolute Gasteiger partial charge is 0.342 e. The monoisotopic (exact) mass is 298 g/mol. The van der Waals surface area contributed by atoms with Crippen molar-refractivity contribution in [1.82, 2.24) is 9.88 Å². The Hall–Kier alpha value is -0.700. The molecule has 0 fully saturated rings. The smallest absolute Gasteiger partial charge is 0.0486 e. The summed E-state index contributed by atoms with van der Waals surface area (Å²) in [5.41, 5.74) is 6.04. The fourth-order valence-electron chi connectivity index (χ4n) is 3.63. The van der Waals surface area contributed by atoms with Crippen LogP contribution in [-0.4, -0.2) is 11.1 Å². The molecule has 0 radical (unpaired) electrons. The fourth-order valence-corrected chi connectivity index (χ4v) is 3.63. The van der Waals surface area contributed by atoms with Crippen LogP contribution in [0.3, 0.4) is 0 Å². The number of benzene rings is 1. The number of aryl methyl sites for hydroxylation is 2. The number of nitrogens with zero attached hydrogens (tertiary/aromatic N) is 1. The maximum absolute atomic E-state index is 3.67. The zero-order chi connectivity index (χ0) is 11.4. The molecule has 4 rings (SSSR count). The summed E-state index contributed by atoms with van der Waals surface area (Å²) in [6.07, 6.45) is 3.90. The molecule has 1 aliphatic heterocycles. The number of rotatable bonds is 0. The molecule has 1 unspecified atom stereocenters. The number of fused-ring (bicyclic) bond motifs is 3. The highest BCUT2D eigenvalue weighted by atomic mass is 35.5. The van der Waals surface area contributed by atoms with Gasteiger partial charge in [0.05, 0.1) is 0 Å². The van der Waals surface area contributed by atoms with Crippen molar-refractivity contribution >= 4 is 35.7 Å². The summed E-state index contributed by atoms with van der Waals surface area (Å²) in [6, 6.07) is 7.54. The number of hydrogen-bond acceptors (Lipinski definition) is 1.